The van der Waals surface area contributed by atoms with E-state index in [-0.39, 0.29) is 0 Å². The van der Waals surface area contributed by atoms with Crippen LogP contribution >= 0.6 is 0 Å². The van der Waals surface area contributed by atoms with Gasteiger partial charge in [-0.1, -0.05) is 133 Å². The van der Waals surface area contributed by atoms with E-state index in [0.717, 1.165) is 38.8 Å². The number of nitrogens with zero attached hydrogens (tertiary/aromatic N) is 2. The zero-order valence-corrected chi connectivity index (χ0v) is 29.3. The van der Waals surface area contributed by atoms with Crippen LogP contribution in [0.4, 0.5) is 22.7 Å². The minimum atomic E-state index is 1.02. The van der Waals surface area contributed by atoms with E-state index in [1.807, 2.05) is 0 Å². The summed E-state index contributed by atoms with van der Waals surface area (Å²) in [6.07, 6.45) is 4.57. The molecule has 0 atom stereocenters. The average Bonchev–Trinajstić information content (AvgIpc) is 3.22. The molecule has 0 fully saturated rings. The van der Waals surface area contributed by atoms with E-state index >= 15 is 0 Å². The van der Waals surface area contributed by atoms with E-state index in [4.69, 9.17) is 0 Å². The van der Waals surface area contributed by atoms with Crippen molar-refractivity contribution in [3.63, 3.8) is 0 Å². The number of hydrogen-bond acceptors (Lipinski definition) is 2. The van der Waals surface area contributed by atoms with Crippen LogP contribution in [0.25, 0.3) is 54.9 Å². The predicted molar refractivity (Wildman–Crippen MR) is 221 cm³/mol. The summed E-state index contributed by atoms with van der Waals surface area (Å²) in [5.74, 6) is 0. The number of benzene rings is 8. The molecule has 0 unspecified atom stereocenters. The van der Waals surface area contributed by atoms with Crippen molar-refractivity contribution in [1.82, 2.24) is 0 Å². The quantitative estimate of drug-likeness (QED) is 0.168. The van der Waals surface area contributed by atoms with Crippen LogP contribution in [0, 0.1) is 0 Å². The van der Waals surface area contributed by atoms with Crippen molar-refractivity contribution >= 4 is 44.3 Å². The summed E-state index contributed by atoms with van der Waals surface area (Å²) in [7, 11) is 0. The second kappa shape index (κ2) is 12.9. The molecule has 0 spiro atoms. The number of anilines is 4. The maximum atomic E-state index is 2.53. The van der Waals surface area contributed by atoms with Gasteiger partial charge in [-0.15, -0.1) is 0 Å². The Kier molecular flexibility index (Phi) is 7.61. The zero-order chi connectivity index (χ0) is 34.4. The Morgan fingerprint density at radius 2 is 0.731 bits per heavy atom. The molecule has 0 saturated heterocycles. The van der Waals surface area contributed by atoms with Gasteiger partial charge < -0.3 is 9.80 Å². The van der Waals surface area contributed by atoms with Gasteiger partial charge in [0, 0.05) is 35.8 Å². The Balaban J connectivity index is 1.25. The van der Waals surface area contributed by atoms with Crippen LogP contribution in [0.3, 0.4) is 0 Å². The summed E-state index contributed by atoms with van der Waals surface area (Å²) in [5.41, 5.74) is 15.6. The van der Waals surface area contributed by atoms with Crippen LogP contribution in [-0.2, 0) is 12.8 Å². The van der Waals surface area contributed by atoms with E-state index in [1.54, 1.807) is 0 Å². The molecule has 0 aliphatic carbocycles. The van der Waals surface area contributed by atoms with Gasteiger partial charge in [-0.2, -0.15) is 0 Å². The zero-order valence-electron chi connectivity index (χ0n) is 29.3. The molecular weight excluding hydrogens is 629 g/mol. The molecule has 0 N–H and O–H groups in total. The highest BCUT2D eigenvalue weighted by Gasteiger charge is 2.24. The third kappa shape index (κ3) is 5.26. The first-order valence-electron chi connectivity index (χ1n) is 18.8. The molecule has 250 valence electrons. The molecule has 0 bridgehead atoms. The molecule has 2 heteroatoms. The van der Waals surface area contributed by atoms with Gasteiger partial charge in [0.1, 0.15) is 0 Å². The standard InChI is InChI=1S/C50H40N2/c1-3-13-35(14-4-1)36-23-25-40(26-24-36)50-44-30-28-41(51-31-11-19-37-15-7-9-21-47(37)51)33-45(44)49(39-17-5-2-6-18-39)43-29-27-42(34-46(43)50)52-32-12-20-38-16-8-10-22-48(38)52/h1-10,13-18,21-30,33-34H,11-12,19-20,31-32H2. The highest BCUT2D eigenvalue weighted by molar-refractivity contribution is 6.22. The minimum absolute atomic E-state index is 1.02. The molecule has 8 aromatic rings. The third-order valence-electron chi connectivity index (χ3n) is 11.3. The maximum Gasteiger partial charge on any atom is 0.0443 e. The molecular formula is C50H40N2. The van der Waals surface area contributed by atoms with Gasteiger partial charge >= 0.3 is 0 Å². The normalized spacial score (nSPS) is 14.0. The molecule has 2 nitrogen and oxygen atoms in total. The number of rotatable bonds is 5. The monoisotopic (exact) mass is 668 g/mol. The van der Waals surface area contributed by atoms with Crippen molar-refractivity contribution < 1.29 is 0 Å². The van der Waals surface area contributed by atoms with Crippen molar-refractivity contribution in [3.05, 3.63) is 181 Å². The highest BCUT2D eigenvalue weighted by Crippen LogP contribution is 2.48. The Hall–Kier alpha value is -6.12. The molecule has 0 aromatic heterocycles. The smallest absolute Gasteiger partial charge is 0.0443 e. The van der Waals surface area contributed by atoms with Crippen molar-refractivity contribution in [1.29, 1.82) is 0 Å². The number of fused-ring (bicyclic) bond motifs is 4. The van der Waals surface area contributed by atoms with Crippen LogP contribution in [0.2, 0.25) is 0 Å². The summed E-state index contributed by atoms with van der Waals surface area (Å²) >= 11 is 0. The van der Waals surface area contributed by atoms with Crippen LogP contribution in [0.1, 0.15) is 24.0 Å². The SMILES string of the molecule is c1ccc(-c2ccc(-c3c4ccc(N5CCCc6ccccc65)cc4c(-c4ccccc4)c4ccc(N5CCCc6ccccc65)cc34)cc2)cc1. The first kappa shape index (κ1) is 30.7. The molecule has 0 saturated carbocycles. The van der Waals surface area contributed by atoms with Crippen LogP contribution in [0.15, 0.2) is 170 Å². The third-order valence-corrected chi connectivity index (χ3v) is 11.3. The molecule has 2 aliphatic heterocycles. The van der Waals surface area contributed by atoms with Crippen LogP contribution < -0.4 is 9.80 Å². The maximum absolute atomic E-state index is 2.53. The Bertz CT molecular complexity index is 2570. The second-order valence-corrected chi connectivity index (χ2v) is 14.3. The molecule has 2 heterocycles. The van der Waals surface area contributed by atoms with E-state index in [2.05, 4.69) is 180 Å². The highest BCUT2D eigenvalue weighted by atomic mass is 15.1. The minimum Gasteiger partial charge on any atom is -0.341 e. The predicted octanol–water partition coefficient (Wildman–Crippen LogP) is 13.2. The summed E-state index contributed by atoms with van der Waals surface area (Å²) in [6, 6.07) is 63.3. The van der Waals surface area contributed by atoms with Crippen LogP contribution in [0.5, 0.6) is 0 Å². The van der Waals surface area contributed by atoms with Crippen molar-refractivity contribution in [2.24, 2.45) is 0 Å². The summed E-state index contributed by atoms with van der Waals surface area (Å²) < 4.78 is 0. The Morgan fingerprint density at radius 1 is 0.327 bits per heavy atom. The lowest BCUT2D eigenvalue weighted by atomic mass is 9.85. The molecule has 52 heavy (non-hydrogen) atoms. The average molecular weight is 669 g/mol. The van der Waals surface area contributed by atoms with Gasteiger partial charge in [0.15, 0.2) is 0 Å². The summed E-state index contributed by atoms with van der Waals surface area (Å²) in [6.45, 7) is 2.04. The first-order valence-corrected chi connectivity index (χ1v) is 18.8. The molecule has 0 radical (unpaired) electrons. The molecule has 2 aliphatic rings. The lowest BCUT2D eigenvalue weighted by Crippen LogP contribution is -2.24. The Labute approximate surface area is 306 Å². The number of para-hydroxylation sites is 2. The van der Waals surface area contributed by atoms with Crippen molar-refractivity contribution in [2.45, 2.75) is 25.7 Å². The fourth-order valence-electron chi connectivity index (χ4n) is 8.83. The number of hydrogen-bond donors (Lipinski definition) is 0. The first-order chi connectivity index (χ1) is 25.8. The van der Waals surface area contributed by atoms with Gasteiger partial charge in [0.2, 0.25) is 0 Å². The second-order valence-electron chi connectivity index (χ2n) is 14.3. The van der Waals surface area contributed by atoms with E-state index in [1.165, 1.54) is 88.8 Å². The van der Waals surface area contributed by atoms with Crippen LogP contribution in [-0.4, -0.2) is 13.1 Å². The van der Waals surface area contributed by atoms with Gasteiger partial charge in [0.05, 0.1) is 0 Å². The van der Waals surface area contributed by atoms with Gasteiger partial charge in [-0.25, -0.2) is 0 Å². The fraction of sp³-hybridized carbons (Fsp3) is 0.120. The fourth-order valence-corrected chi connectivity index (χ4v) is 8.83. The summed E-state index contributed by atoms with van der Waals surface area (Å²) in [5, 5.41) is 5.14. The molecule has 8 aromatic carbocycles. The summed E-state index contributed by atoms with van der Waals surface area (Å²) in [4.78, 5) is 5.06. The largest absolute Gasteiger partial charge is 0.341 e. The molecule has 10 rings (SSSR count). The van der Waals surface area contributed by atoms with Gasteiger partial charge in [0.25, 0.3) is 0 Å². The van der Waals surface area contributed by atoms with Crippen molar-refractivity contribution in [2.75, 3.05) is 22.9 Å². The Morgan fingerprint density at radius 3 is 1.25 bits per heavy atom. The van der Waals surface area contributed by atoms with E-state index in [0.29, 0.717) is 0 Å². The van der Waals surface area contributed by atoms with Gasteiger partial charge in [-0.05, 0) is 128 Å². The lowest BCUT2D eigenvalue weighted by molar-refractivity contribution is 0.767. The van der Waals surface area contributed by atoms with E-state index in [9.17, 15) is 0 Å². The number of aryl methyl sites for hydroxylation is 2. The van der Waals surface area contributed by atoms with Crippen molar-refractivity contribution in [3.8, 4) is 33.4 Å². The lowest BCUT2D eigenvalue weighted by Gasteiger charge is -2.32. The molecule has 0 amide bonds. The topological polar surface area (TPSA) is 6.48 Å². The van der Waals surface area contributed by atoms with Gasteiger partial charge in [-0.3, -0.25) is 0 Å². The van der Waals surface area contributed by atoms with E-state index < -0.39 is 0 Å².